The third-order valence-corrected chi connectivity index (χ3v) is 3.20. The third-order valence-electron chi connectivity index (χ3n) is 3.20. The predicted octanol–water partition coefficient (Wildman–Crippen LogP) is 2.87. The lowest BCUT2D eigenvalue weighted by molar-refractivity contribution is -0.126. The fraction of sp³-hybridized carbons (Fsp3) is 0.222. The molecule has 2 aromatic rings. The highest BCUT2D eigenvalue weighted by Gasteiger charge is 2.10. The average molecular weight is 330 g/mol. The van der Waals surface area contributed by atoms with Gasteiger partial charge in [-0.3, -0.25) is 9.59 Å². The standard InChI is InChI=1S/C18H19FN2O3/c1-2-24-15-9-7-14(8-10-15)21-18(23)11-17(22)20-12-13-5-3-4-6-16(13)19/h3-10H,2,11-12H2,1H3,(H,20,22)(H,21,23). The predicted molar refractivity (Wildman–Crippen MR) is 89.1 cm³/mol. The Morgan fingerprint density at radius 3 is 2.42 bits per heavy atom. The van der Waals surface area contributed by atoms with Gasteiger partial charge in [0.15, 0.2) is 0 Å². The van der Waals surface area contributed by atoms with Crippen LogP contribution in [0.2, 0.25) is 0 Å². The maximum absolute atomic E-state index is 13.4. The molecule has 0 saturated carbocycles. The number of hydrogen-bond donors (Lipinski definition) is 2. The number of amides is 2. The van der Waals surface area contributed by atoms with Crippen LogP contribution in [0.5, 0.6) is 5.75 Å². The molecule has 0 bridgehead atoms. The molecule has 2 N–H and O–H groups in total. The summed E-state index contributed by atoms with van der Waals surface area (Å²) in [4.78, 5) is 23.6. The van der Waals surface area contributed by atoms with Gasteiger partial charge in [0.2, 0.25) is 11.8 Å². The molecule has 0 radical (unpaired) electrons. The zero-order valence-corrected chi connectivity index (χ0v) is 13.3. The second-order valence-electron chi connectivity index (χ2n) is 5.05. The summed E-state index contributed by atoms with van der Waals surface area (Å²) in [6.07, 6.45) is -0.332. The van der Waals surface area contributed by atoms with E-state index in [1.54, 1.807) is 42.5 Å². The van der Waals surface area contributed by atoms with Crippen molar-refractivity contribution in [2.75, 3.05) is 11.9 Å². The molecule has 5 nitrogen and oxygen atoms in total. The Morgan fingerprint density at radius 2 is 1.75 bits per heavy atom. The molecule has 0 unspecified atom stereocenters. The van der Waals surface area contributed by atoms with Gasteiger partial charge in [-0.05, 0) is 37.3 Å². The van der Waals surface area contributed by atoms with E-state index < -0.39 is 17.6 Å². The zero-order valence-electron chi connectivity index (χ0n) is 13.3. The Kier molecular flexibility index (Phi) is 6.31. The van der Waals surface area contributed by atoms with E-state index in [0.717, 1.165) is 0 Å². The maximum atomic E-state index is 13.4. The van der Waals surface area contributed by atoms with Crippen molar-refractivity contribution in [3.63, 3.8) is 0 Å². The SMILES string of the molecule is CCOc1ccc(NC(=O)CC(=O)NCc2ccccc2F)cc1. The lowest BCUT2D eigenvalue weighted by atomic mass is 10.2. The van der Waals surface area contributed by atoms with Crippen LogP contribution in [-0.4, -0.2) is 18.4 Å². The van der Waals surface area contributed by atoms with E-state index in [-0.39, 0.29) is 13.0 Å². The molecular weight excluding hydrogens is 311 g/mol. The van der Waals surface area contributed by atoms with Gasteiger partial charge < -0.3 is 15.4 Å². The molecular formula is C18H19FN2O3. The Morgan fingerprint density at radius 1 is 1.04 bits per heavy atom. The van der Waals surface area contributed by atoms with E-state index in [0.29, 0.717) is 23.6 Å². The Hall–Kier alpha value is -2.89. The van der Waals surface area contributed by atoms with Gasteiger partial charge in [-0.15, -0.1) is 0 Å². The van der Waals surface area contributed by atoms with E-state index >= 15 is 0 Å². The van der Waals surface area contributed by atoms with Crippen LogP contribution in [0.4, 0.5) is 10.1 Å². The normalized spacial score (nSPS) is 10.1. The van der Waals surface area contributed by atoms with Crippen LogP contribution in [0, 0.1) is 5.82 Å². The van der Waals surface area contributed by atoms with Gasteiger partial charge in [0.1, 0.15) is 18.0 Å². The van der Waals surface area contributed by atoms with Crippen molar-refractivity contribution < 1.29 is 18.7 Å². The molecule has 0 aliphatic carbocycles. The number of benzene rings is 2. The highest BCUT2D eigenvalue weighted by molar-refractivity contribution is 6.03. The first-order chi connectivity index (χ1) is 11.6. The van der Waals surface area contributed by atoms with E-state index in [2.05, 4.69) is 10.6 Å². The van der Waals surface area contributed by atoms with Crippen molar-refractivity contribution in [3.05, 3.63) is 59.9 Å². The summed E-state index contributed by atoms with van der Waals surface area (Å²) in [6.45, 7) is 2.49. The number of halogens is 1. The van der Waals surface area contributed by atoms with E-state index in [9.17, 15) is 14.0 Å². The van der Waals surface area contributed by atoms with Crippen LogP contribution in [0.3, 0.4) is 0 Å². The number of ether oxygens (including phenoxy) is 1. The smallest absolute Gasteiger partial charge is 0.233 e. The fourth-order valence-corrected chi connectivity index (χ4v) is 2.05. The highest BCUT2D eigenvalue weighted by Crippen LogP contribution is 2.15. The second kappa shape index (κ2) is 8.67. The Labute approximate surface area is 139 Å². The summed E-state index contributed by atoms with van der Waals surface area (Å²) in [5.74, 6) is -0.596. The average Bonchev–Trinajstić information content (AvgIpc) is 2.56. The number of hydrogen-bond acceptors (Lipinski definition) is 3. The summed E-state index contributed by atoms with van der Waals surface area (Å²) in [5.41, 5.74) is 0.947. The van der Waals surface area contributed by atoms with Crippen molar-refractivity contribution in [1.29, 1.82) is 0 Å². The lowest BCUT2D eigenvalue weighted by Gasteiger charge is -2.08. The maximum Gasteiger partial charge on any atom is 0.233 e. The van der Waals surface area contributed by atoms with Crippen LogP contribution < -0.4 is 15.4 Å². The first-order valence-corrected chi connectivity index (χ1v) is 7.61. The molecule has 0 heterocycles. The van der Waals surface area contributed by atoms with Crippen molar-refractivity contribution in [2.24, 2.45) is 0 Å². The van der Waals surface area contributed by atoms with Crippen molar-refractivity contribution in [2.45, 2.75) is 19.9 Å². The quantitative estimate of drug-likeness (QED) is 0.767. The molecule has 2 rings (SSSR count). The molecule has 126 valence electrons. The van der Waals surface area contributed by atoms with Crippen LogP contribution in [0.1, 0.15) is 18.9 Å². The molecule has 0 saturated heterocycles. The molecule has 0 spiro atoms. The van der Waals surface area contributed by atoms with Gasteiger partial charge in [0.05, 0.1) is 6.61 Å². The van der Waals surface area contributed by atoms with Crippen LogP contribution in [0.15, 0.2) is 48.5 Å². The van der Waals surface area contributed by atoms with Crippen LogP contribution in [0.25, 0.3) is 0 Å². The summed E-state index contributed by atoms with van der Waals surface area (Å²) in [5, 5.41) is 5.14. The topological polar surface area (TPSA) is 67.4 Å². The Balaban J connectivity index is 1.79. The van der Waals surface area contributed by atoms with Gasteiger partial charge >= 0.3 is 0 Å². The van der Waals surface area contributed by atoms with E-state index in [1.807, 2.05) is 6.92 Å². The van der Waals surface area contributed by atoms with Gasteiger partial charge in [0, 0.05) is 17.8 Å². The molecule has 0 atom stereocenters. The molecule has 2 aromatic carbocycles. The first-order valence-electron chi connectivity index (χ1n) is 7.61. The number of carbonyl (C=O) groups excluding carboxylic acids is 2. The lowest BCUT2D eigenvalue weighted by Crippen LogP contribution is -2.28. The van der Waals surface area contributed by atoms with Crippen LogP contribution >= 0.6 is 0 Å². The zero-order chi connectivity index (χ0) is 17.4. The minimum atomic E-state index is -0.471. The van der Waals surface area contributed by atoms with Crippen LogP contribution in [-0.2, 0) is 16.1 Å². The van der Waals surface area contributed by atoms with Gasteiger partial charge in [-0.1, -0.05) is 18.2 Å². The second-order valence-corrected chi connectivity index (χ2v) is 5.05. The fourth-order valence-electron chi connectivity index (χ4n) is 2.05. The summed E-state index contributed by atoms with van der Waals surface area (Å²) < 4.78 is 18.7. The molecule has 6 heteroatoms. The summed E-state index contributed by atoms with van der Waals surface area (Å²) in [7, 11) is 0. The van der Waals surface area contributed by atoms with Gasteiger partial charge in [-0.2, -0.15) is 0 Å². The number of anilines is 1. The molecule has 0 aliphatic heterocycles. The highest BCUT2D eigenvalue weighted by atomic mass is 19.1. The molecule has 0 fully saturated rings. The molecule has 24 heavy (non-hydrogen) atoms. The molecule has 2 amide bonds. The number of nitrogens with one attached hydrogen (secondary N) is 2. The largest absolute Gasteiger partial charge is 0.494 e. The molecule has 0 aliphatic rings. The number of carbonyl (C=O) groups is 2. The van der Waals surface area contributed by atoms with E-state index in [4.69, 9.17) is 4.74 Å². The third kappa shape index (κ3) is 5.39. The Bertz CT molecular complexity index is 702. The minimum Gasteiger partial charge on any atom is -0.494 e. The first kappa shape index (κ1) is 17.5. The summed E-state index contributed by atoms with van der Waals surface area (Å²) in [6, 6.07) is 13.0. The van der Waals surface area contributed by atoms with Crippen molar-refractivity contribution in [3.8, 4) is 5.75 Å². The van der Waals surface area contributed by atoms with Crippen molar-refractivity contribution >= 4 is 17.5 Å². The number of rotatable bonds is 7. The monoisotopic (exact) mass is 330 g/mol. The summed E-state index contributed by atoms with van der Waals surface area (Å²) >= 11 is 0. The van der Waals surface area contributed by atoms with Gasteiger partial charge in [-0.25, -0.2) is 4.39 Å². The van der Waals surface area contributed by atoms with E-state index in [1.165, 1.54) is 6.07 Å². The molecule has 0 aromatic heterocycles. The minimum absolute atomic E-state index is 0.0435. The van der Waals surface area contributed by atoms with Gasteiger partial charge in [0.25, 0.3) is 0 Å². The van der Waals surface area contributed by atoms with Crippen molar-refractivity contribution in [1.82, 2.24) is 5.32 Å².